The second kappa shape index (κ2) is 4.48. The van der Waals surface area contributed by atoms with Crippen LogP contribution in [0.25, 0.3) is 5.69 Å². The van der Waals surface area contributed by atoms with Crippen molar-refractivity contribution in [2.24, 2.45) is 0 Å². The van der Waals surface area contributed by atoms with E-state index in [1.165, 1.54) is 18.2 Å². The first-order valence-electron chi connectivity index (χ1n) is 4.97. The quantitative estimate of drug-likeness (QED) is 0.876. The topological polar surface area (TPSA) is 67.6 Å². The molecule has 0 aliphatic rings. The maximum atomic E-state index is 12.7. The molecule has 8 heteroatoms. The number of nitrogen functional groups attached to an aromatic ring is 1. The fraction of sp³-hybridized carbons (Fsp3) is 0.0909. The molecule has 0 unspecified atom stereocenters. The molecule has 0 amide bonds. The number of aromatic nitrogens is 2. The van der Waals surface area contributed by atoms with Crippen molar-refractivity contribution in [1.82, 2.24) is 9.78 Å². The van der Waals surface area contributed by atoms with Gasteiger partial charge < -0.3 is 5.73 Å². The molecule has 19 heavy (non-hydrogen) atoms. The van der Waals surface area contributed by atoms with Gasteiger partial charge >= 0.3 is 6.18 Å². The lowest BCUT2D eigenvalue weighted by Gasteiger charge is -2.05. The SMILES string of the molecule is N#Cc1c(C(F)(F)F)nn(-c2ccccc2Cl)c1N. The third kappa shape index (κ3) is 2.22. The van der Waals surface area contributed by atoms with Crippen LogP contribution < -0.4 is 5.73 Å². The number of benzene rings is 1. The molecule has 1 aromatic heterocycles. The minimum absolute atomic E-state index is 0.175. The average Bonchev–Trinajstić information content (AvgIpc) is 2.67. The van der Waals surface area contributed by atoms with Gasteiger partial charge in [-0.2, -0.15) is 23.5 Å². The van der Waals surface area contributed by atoms with Crippen molar-refractivity contribution in [1.29, 1.82) is 5.26 Å². The molecule has 0 aliphatic carbocycles. The summed E-state index contributed by atoms with van der Waals surface area (Å²) >= 11 is 5.87. The van der Waals surface area contributed by atoms with E-state index in [2.05, 4.69) is 5.10 Å². The summed E-state index contributed by atoms with van der Waals surface area (Å²) in [6, 6.07) is 7.53. The van der Waals surface area contributed by atoms with Crippen LogP contribution in [0.2, 0.25) is 5.02 Å². The minimum atomic E-state index is -4.76. The monoisotopic (exact) mass is 286 g/mol. The van der Waals surface area contributed by atoms with Gasteiger partial charge in [0.05, 0.1) is 10.7 Å². The molecule has 0 saturated carbocycles. The van der Waals surface area contributed by atoms with Crippen LogP contribution in [-0.4, -0.2) is 9.78 Å². The van der Waals surface area contributed by atoms with Crippen molar-refractivity contribution in [2.75, 3.05) is 5.73 Å². The van der Waals surface area contributed by atoms with Crippen molar-refractivity contribution >= 4 is 17.4 Å². The Morgan fingerprint density at radius 1 is 1.32 bits per heavy atom. The van der Waals surface area contributed by atoms with E-state index >= 15 is 0 Å². The Morgan fingerprint density at radius 2 is 1.95 bits per heavy atom. The Morgan fingerprint density at radius 3 is 2.42 bits per heavy atom. The van der Waals surface area contributed by atoms with E-state index in [4.69, 9.17) is 22.6 Å². The highest BCUT2D eigenvalue weighted by molar-refractivity contribution is 6.32. The summed E-state index contributed by atoms with van der Waals surface area (Å²) in [5.41, 5.74) is 3.66. The fourth-order valence-electron chi connectivity index (χ4n) is 1.55. The van der Waals surface area contributed by atoms with Gasteiger partial charge in [0, 0.05) is 0 Å². The predicted molar refractivity (Wildman–Crippen MR) is 62.7 cm³/mol. The minimum Gasteiger partial charge on any atom is -0.382 e. The summed E-state index contributed by atoms with van der Waals surface area (Å²) in [6.45, 7) is 0. The second-order valence-electron chi connectivity index (χ2n) is 3.58. The number of halogens is 4. The predicted octanol–water partition coefficient (Wildman–Crippen LogP) is 3.00. The first-order chi connectivity index (χ1) is 8.86. The Balaban J connectivity index is 2.72. The van der Waals surface area contributed by atoms with Crippen LogP contribution in [-0.2, 0) is 6.18 Å². The average molecular weight is 287 g/mol. The van der Waals surface area contributed by atoms with Crippen LogP contribution in [0.1, 0.15) is 11.3 Å². The van der Waals surface area contributed by atoms with Gasteiger partial charge in [-0.05, 0) is 12.1 Å². The lowest BCUT2D eigenvalue weighted by Crippen LogP contribution is -2.09. The van der Waals surface area contributed by atoms with Gasteiger partial charge in [0.1, 0.15) is 17.5 Å². The maximum absolute atomic E-state index is 12.7. The third-order valence-corrected chi connectivity index (χ3v) is 2.70. The number of nitriles is 1. The van der Waals surface area contributed by atoms with Crippen LogP contribution in [0.15, 0.2) is 24.3 Å². The highest BCUT2D eigenvalue weighted by Crippen LogP contribution is 2.35. The Labute approximate surface area is 110 Å². The van der Waals surface area contributed by atoms with Gasteiger partial charge in [0.25, 0.3) is 0 Å². The van der Waals surface area contributed by atoms with Crippen LogP contribution >= 0.6 is 11.6 Å². The number of alkyl halides is 3. The Bertz CT molecular complexity index is 670. The van der Waals surface area contributed by atoms with Crippen molar-refractivity contribution in [3.8, 4) is 11.8 Å². The number of hydrogen-bond donors (Lipinski definition) is 1. The molecule has 0 saturated heterocycles. The molecule has 0 aliphatic heterocycles. The van der Waals surface area contributed by atoms with E-state index < -0.39 is 23.3 Å². The Kier molecular flexibility index (Phi) is 3.12. The Hall–Kier alpha value is -2.20. The molecule has 0 radical (unpaired) electrons. The van der Waals surface area contributed by atoms with Gasteiger partial charge in [-0.25, -0.2) is 4.68 Å². The number of rotatable bonds is 1. The molecule has 2 aromatic rings. The number of nitrogens with two attached hydrogens (primary N) is 1. The second-order valence-corrected chi connectivity index (χ2v) is 3.99. The third-order valence-electron chi connectivity index (χ3n) is 2.38. The number of nitrogens with zero attached hydrogens (tertiary/aromatic N) is 3. The summed E-state index contributed by atoms with van der Waals surface area (Å²) < 4.78 is 39.0. The van der Waals surface area contributed by atoms with Gasteiger partial charge in [-0.15, -0.1) is 0 Å². The fourth-order valence-corrected chi connectivity index (χ4v) is 1.76. The molecule has 0 bridgehead atoms. The van der Waals surface area contributed by atoms with Gasteiger partial charge in [-0.3, -0.25) is 0 Å². The van der Waals surface area contributed by atoms with Crippen molar-refractivity contribution in [2.45, 2.75) is 6.18 Å². The first kappa shape index (κ1) is 13.2. The summed E-state index contributed by atoms with van der Waals surface area (Å²) in [7, 11) is 0. The highest BCUT2D eigenvalue weighted by Gasteiger charge is 2.39. The lowest BCUT2D eigenvalue weighted by atomic mass is 10.2. The van der Waals surface area contributed by atoms with E-state index in [1.54, 1.807) is 12.1 Å². The zero-order chi connectivity index (χ0) is 14.2. The number of para-hydroxylation sites is 1. The molecule has 2 N–H and O–H groups in total. The van der Waals surface area contributed by atoms with E-state index in [1.807, 2.05) is 0 Å². The van der Waals surface area contributed by atoms with Gasteiger partial charge in [0.2, 0.25) is 0 Å². The van der Waals surface area contributed by atoms with E-state index in [9.17, 15) is 13.2 Å². The van der Waals surface area contributed by atoms with Crippen molar-refractivity contribution < 1.29 is 13.2 Å². The summed E-state index contributed by atoms with van der Waals surface area (Å²) in [5, 5.41) is 12.3. The molecule has 4 nitrogen and oxygen atoms in total. The van der Waals surface area contributed by atoms with Gasteiger partial charge in [-0.1, -0.05) is 23.7 Å². The van der Waals surface area contributed by atoms with E-state index in [0.29, 0.717) is 0 Å². The smallest absolute Gasteiger partial charge is 0.382 e. The molecular formula is C11H6ClF3N4. The maximum Gasteiger partial charge on any atom is 0.436 e. The standard InChI is InChI=1S/C11H6ClF3N4/c12-7-3-1-2-4-8(7)19-10(17)6(5-16)9(18-19)11(13,14)15/h1-4H,17H2. The molecule has 0 fully saturated rings. The van der Waals surface area contributed by atoms with Crippen LogP contribution in [0.5, 0.6) is 0 Å². The number of hydrogen-bond acceptors (Lipinski definition) is 3. The summed E-state index contributed by atoms with van der Waals surface area (Å²) in [6.07, 6.45) is -4.76. The number of anilines is 1. The van der Waals surface area contributed by atoms with E-state index in [0.717, 1.165) is 4.68 Å². The van der Waals surface area contributed by atoms with Gasteiger partial charge in [0.15, 0.2) is 5.69 Å². The molecule has 1 heterocycles. The van der Waals surface area contributed by atoms with Crippen LogP contribution in [0.3, 0.4) is 0 Å². The molecule has 1 aromatic carbocycles. The largest absolute Gasteiger partial charge is 0.436 e. The van der Waals surface area contributed by atoms with Crippen LogP contribution in [0, 0.1) is 11.3 Å². The molecular weight excluding hydrogens is 281 g/mol. The first-order valence-corrected chi connectivity index (χ1v) is 5.34. The lowest BCUT2D eigenvalue weighted by molar-refractivity contribution is -0.141. The zero-order valence-electron chi connectivity index (χ0n) is 9.24. The molecule has 0 atom stereocenters. The highest BCUT2D eigenvalue weighted by atomic mass is 35.5. The normalized spacial score (nSPS) is 11.3. The van der Waals surface area contributed by atoms with Crippen molar-refractivity contribution in [3.63, 3.8) is 0 Å². The molecule has 98 valence electrons. The summed E-state index contributed by atoms with van der Waals surface area (Å²) in [5.74, 6) is -0.400. The molecule has 0 spiro atoms. The summed E-state index contributed by atoms with van der Waals surface area (Å²) in [4.78, 5) is 0. The van der Waals surface area contributed by atoms with Crippen molar-refractivity contribution in [3.05, 3.63) is 40.5 Å². The molecule has 2 rings (SSSR count). The van der Waals surface area contributed by atoms with Crippen LogP contribution in [0.4, 0.5) is 19.0 Å². The van der Waals surface area contributed by atoms with E-state index in [-0.39, 0.29) is 10.7 Å². The zero-order valence-corrected chi connectivity index (χ0v) is 10.00.